The Labute approximate surface area is 121 Å². The molecule has 6 heteroatoms. The molecule has 0 spiro atoms. The van der Waals surface area contributed by atoms with Gasteiger partial charge in [-0.3, -0.25) is 4.79 Å². The molecule has 0 heterocycles. The van der Waals surface area contributed by atoms with E-state index in [0.29, 0.717) is 0 Å². The summed E-state index contributed by atoms with van der Waals surface area (Å²) in [7, 11) is -3.34. The summed E-state index contributed by atoms with van der Waals surface area (Å²) in [5.74, 6) is -1.04. The van der Waals surface area contributed by atoms with Gasteiger partial charge in [0.1, 0.15) is 11.9 Å². The fourth-order valence-electron chi connectivity index (χ4n) is 1.82. The molecular weight excluding hydrogens is 295 g/mol. The maximum absolute atomic E-state index is 12.8. The summed E-state index contributed by atoms with van der Waals surface area (Å²) in [6.07, 6.45) is -0.355. The lowest BCUT2D eigenvalue weighted by Gasteiger charge is -2.10. The molecule has 21 heavy (non-hydrogen) atoms. The number of sulfone groups is 1. The molecule has 0 aliphatic heterocycles. The van der Waals surface area contributed by atoms with Crippen LogP contribution in [-0.4, -0.2) is 25.6 Å². The van der Waals surface area contributed by atoms with Crippen molar-refractivity contribution in [2.45, 2.75) is 11.0 Å². The molecule has 0 fully saturated rings. The number of Topliss-reactive ketones (excluding diaryl/α,β-unsaturated/α-hetero) is 1. The van der Waals surface area contributed by atoms with Crippen molar-refractivity contribution in [2.75, 3.05) is 6.26 Å². The second-order valence-corrected chi connectivity index (χ2v) is 6.63. The Bertz CT molecular complexity index is 749. The van der Waals surface area contributed by atoms with E-state index in [-0.39, 0.29) is 16.0 Å². The quantitative estimate of drug-likeness (QED) is 0.879. The summed E-state index contributed by atoms with van der Waals surface area (Å²) in [5, 5.41) is 9.97. The SMILES string of the molecule is CS(=O)(=O)c1ccc(C(=O)C(O)c2ccc(F)cc2)cc1. The molecule has 0 aromatic heterocycles. The average molecular weight is 308 g/mol. The van der Waals surface area contributed by atoms with Crippen molar-refractivity contribution in [2.24, 2.45) is 0 Å². The number of benzene rings is 2. The molecule has 0 saturated heterocycles. The predicted octanol–water partition coefficient (Wildman–Crippen LogP) is 2.15. The van der Waals surface area contributed by atoms with Gasteiger partial charge >= 0.3 is 0 Å². The Morgan fingerprint density at radius 1 is 1.05 bits per heavy atom. The molecule has 2 rings (SSSR count). The molecule has 2 aromatic rings. The minimum absolute atomic E-state index is 0.0929. The molecule has 1 atom stereocenters. The van der Waals surface area contributed by atoms with Crippen molar-refractivity contribution in [3.05, 3.63) is 65.5 Å². The van der Waals surface area contributed by atoms with Crippen LogP contribution in [0.15, 0.2) is 53.4 Å². The van der Waals surface area contributed by atoms with Gasteiger partial charge in [0.05, 0.1) is 4.90 Å². The highest BCUT2D eigenvalue weighted by Crippen LogP contribution is 2.20. The normalized spacial score (nSPS) is 12.9. The molecule has 1 unspecified atom stereocenters. The first-order valence-electron chi connectivity index (χ1n) is 6.07. The van der Waals surface area contributed by atoms with Gasteiger partial charge in [0.25, 0.3) is 0 Å². The lowest BCUT2D eigenvalue weighted by Crippen LogP contribution is -2.12. The van der Waals surface area contributed by atoms with Crippen LogP contribution in [0.25, 0.3) is 0 Å². The average Bonchev–Trinajstić information content (AvgIpc) is 2.46. The number of aliphatic hydroxyl groups is 1. The number of halogens is 1. The molecule has 2 aromatic carbocycles. The van der Waals surface area contributed by atoms with E-state index in [2.05, 4.69) is 0 Å². The predicted molar refractivity (Wildman–Crippen MR) is 75.2 cm³/mol. The first-order chi connectivity index (χ1) is 9.79. The van der Waals surface area contributed by atoms with E-state index < -0.39 is 27.5 Å². The second kappa shape index (κ2) is 5.75. The maximum atomic E-state index is 12.8. The minimum atomic E-state index is -3.34. The van der Waals surface area contributed by atoms with E-state index in [1.807, 2.05) is 0 Å². The molecule has 1 N–H and O–H groups in total. The van der Waals surface area contributed by atoms with E-state index in [1.165, 1.54) is 36.4 Å². The van der Waals surface area contributed by atoms with Gasteiger partial charge in [-0.1, -0.05) is 24.3 Å². The zero-order chi connectivity index (χ0) is 15.6. The standard InChI is InChI=1S/C15H13FO4S/c1-21(19,20)13-8-4-11(5-9-13)15(18)14(17)10-2-6-12(16)7-3-10/h2-9,14,17H,1H3. The molecular formula is C15H13FO4S. The van der Waals surface area contributed by atoms with Crippen LogP contribution in [0.3, 0.4) is 0 Å². The van der Waals surface area contributed by atoms with Gasteiger partial charge < -0.3 is 5.11 Å². The van der Waals surface area contributed by atoms with E-state index in [9.17, 15) is 22.7 Å². The number of hydrogen-bond donors (Lipinski definition) is 1. The molecule has 4 nitrogen and oxygen atoms in total. The topological polar surface area (TPSA) is 71.4 Å². The van der Waals surface area contributed by atoms with Crippen LogP contribution in [-0.2, 0) is 9.84 Å². The van der Waals surface area contributed by atoms with Crippen LogP contribution in [0.2, 0.25) is 0 Å². The van der Waals surface area contributed by atoms with Gasteiger partial charge in [0.2, 0.25) is 0 Å². The molecule has 0 amide bonds. The van der Waals surface area contributed by atoms with Gasteiger partial charge in [-0.05, 0) is 29.8 Å². The van der Waals surface area contributed by atoms with Crippen molar-refractivity contribution in [3.63, 3.8) is 0 Å². The molecule has 0 saturated carbocycles. The monoisotopic (exact) mass is 308 g/mol. The number of carbonyl (C=O) groups excluding carboxylic acids is 1. The lowest BCUT2D eigenvalue weighted by atomic mass is 10.00. The van der Waals surface area contributed by atoms with Crippen LogP contribution in [0, 0.1) is 5.82 Å². The Morgan fingerprint density at radius 2 is 1.57 bits per heavy atom. The van der Waals surface area contributed by atoms with Crippen molar-refractivity contribution in [1.29, 1.82) is 0 Å². The highest BCUT2D eigenvalue weighted by atomic mass is 32.2. The van der Waals surface area contributed by atoms with Gasteiger partial charge in [-0.2, -0.15) is 0 Å². The third-order valence-corrected chi connectivity index (χ3v) is 4.13. The highest BCUT2D eigenvalue weighted by Gasteiger charge is 2.19. The third kappa shape index (κ3) is 3.53. The largest absolute Gasteiger partial charge is 0.380 e. The van der Waals surface area contributed by atoms with E-state index >= 15 is 0 Å². The van der Waals surface area contributed by atoms with Crippen LogP contribution in [0.5, 0.6) is 0 Å². The van der Waals surface area contributed by atoms with Crippen LogP contribution in [0.1, 0.15) is 22.0 Å². The number of carbonyl (C=O) groups is 1. The zero-order valence-electron chi connectivity index (χ0n) is 11.2. The van der Waals surface area contributed by atoms with Gasteiger partial charge in [0.15, 0.2) is 15.6 Å². The number of aliphatic hydroxyl groups excluding tert-OH is 1. The summed E-state index contributed by atoms with van der Waals surface area (Å²) in [5.41, 5.74) is 0.452. The van der Waals surface area contributed by atoms with Crippen molar-refractivity contribution in [3.8, 4) is 0 Å². The first-order valence-corrected chi connectivity index (χ1v) is 7.96. The smallest absolute Gasteiger partial charge is 0.195 e. The van der Waals surface area contributed by atoms with Crippen molar-refractivity contribution >= 4 is 15.6 Å². The minimum Gasteiger partial charge on any atom is -0.380 e. The van der Waals surface area contributed by atoms with Crippen LogP contribution in [0.4, 0.5) is 4.39 Å². The van der Waals surface area contributed by atoms with Gasteiger partial charge in [0, 0.05) is 11.8 Å². The van der Waals surface area contributed by atoms with E-state index in [4.69, 9.17) is 0 Å². The Morgan fingerprint density at radius 3 is 2.05 bits per heavy atom. The lowest BCUT2D eigenvalue weighted by molar-refractivity contribution is 0.0747. The van der Waals surface area contributed by atoms with Crippen LogP contribution < -0.4 is 0 Å². The summed E-state index contributed by atoms with van der Waals surface area (Å²) in [4.78, 5) is 12.2. The number of hydrogen-bond acceptors (Lipinski definition) is 4. The van der Waals surface area contributed by atoms with E-state index in [1.54, 1.807) is 0 Å². The number of ketones is 1. The van der Waals surface area contributed by atoms with Gasteiger partial charge in [-0.25, -0.2) is 12.8 Å². The molecule has 0 bridgehead atoms. The second-order valence-electron chi connectivity index (χ2n) is 4.61. The van der Waals surface area contributed by atoms with Crippen molar-refractivity contribution < 1.29 is 22.7 Å². The fourth-order valence-corrected chi connectivity index (χ4v) is 2.45. The van der Waals surface area contributed by atoms with Crippen molar-refractivity contribution in [1.82, 2.24) is 0 Å². The zero-order valence-corrected chi connectivity index (χ0v) is 12.0. The van der Waals surface area contributed by atoms with Gasteiger partial charge in [-0.15, -0.1) is 0 Å². The molecule has 0 aliphatic rings. The molecule has 110 valence electrons. The summed E-state index contributed by atoms with van der Waals surface area (Å²) >= 11 is 0. The molecule has 0 aliphatic carbocycles. The summed E-state index contributed by atoms with van der Waals surface area (Å²) in [6.45, 7) is 0. The van der Waals surface area contributed by atoms with E-state index in [0.717, 1.165) is 18.4 Å². The fraction of sp³-hybridized carbons (Fsp3) is 0.133. The first kappa shape index (κ1) is 15.3. The maximum Gasteiger partial charge on any atom is 0.195 e. The van der Waals surface area contributed by atoms with Crippen LogP contribution >= 0.6 is 0 Å². The Kier molecular flexibility index (Phi) is 4.20. The number of rotatable bonds is 4. The Balaban J connectivity index is 2.25. The third-order valence-electron chi connectivity index (χ3n) is 3.00. The molecule has 0 radical (unpaired) electrons. The summed E-state index contributed by atoms with van der Waals surface area (Å²) in [6, 6.07) is 10.2. The summed E-state index contributed by atoms with van der Waals surface area (Å²) < 4.78 is 35.5. The Hall–Kier alpha value is -2.05. The highest BCUT2D eigenvalue weighted by molar-refractivity contribution is 7.90.